The van der Waals surface area contributed by atoms with Gasteiger partial charge in [-0.05, 0) is 55.8 Å². The summed E-state index contributed by atoms with van der Waals surface area (Å²) in [5.74, 6) is 0. The SMILES string of the molecule is CCCCCC12CCC(C)(CC1)CC2. The molecular weight excluding hydrogens is 168 g/mol. The van der Waals surface area contributed by atoms with E-state index in [9.17, 15) is 0 Å². The first kappa shape index (κ1) is 10.5. The lowest BCUT2D eigenvalue weighted by Gasteiger charge is -2.52. The summed E-state index contributed by atoms with van der Waals surface area (Å²) in [6.45, 7) is 4.83. The van der Waals surface area contributed by atoms with E-state index in [1.165, 1.54) is 44.9 Å². The lowest BCUT2D eigenvalue weighted by Crippen LogP contribution is -2.39. The van der Waals surface area contributed by atoms with Crippen molar-refractivity contribution in [3.8, 4) is 0 Å². The summed E-state index contributed by atoms with van der Waals surface area (Å²) >= 11 is 0. The molecule has 3 saturated carbocycles. The normalized spacial score (nSPS) is 41.6. The van der Waals surface area contributed by atoms with E-state index < -0.39 is 0 Å². The van der Waals surface area contributed by atoms with Crippen LogP contribution in [0.1, 0.15) is 78.1 Å². The van der Waals surface area contributed by atoms with Crippen molar-refractivity contribution in [3.05, 3.63) is 0 Å². The summed E-state index contributed by atoms with van der Waals surface area (Å²) in [6.07, 6.45) is 15.1. The average Bonchev–Trinajstić information content (AvgIpc) is 2.21. The molecule has 0 heterocycles. The highest BCUT2D eigenvalue weighted by Crippen LogP contribution is 2.58. The van der Waals surface area contributed by atoms with Gasteiger partial charge in [0.2, 0.25) is 0 Å². The first-order valence-corrected chi connectivity index (χ1v) is 6.68. The lowest BCUT2D eigenvalue weighted by atomic mass is 9.53. The minimum absolute atomic E-state index is 0.756. The molecule has 3 aliphatic carbocycles. The van der Waals surface area contributed by atoms with Crippen molar-refractivity contribution in [2.24, 2.45) is 10.8 Å². The highest BCUT2D eigenvalue weighted by molar-refractivity contribution is 4.97. The molecule has 2 bridgehead atoms. The maximum atomic E-state index is 2.52. The summed E-state index contributed by atoms with van der Waals surface area (Å²) in [5.41, 5.74) is 1.57. The van der Waals surface area contributed by atoms with Gasteiger partial charge in [0.1, 0.15) is 0 Å². The van der Waals surface area contributed by atoms with Gasteiger partial charge in [0.15, 0.2) is 0 Å². The van der Waals surface area contributed by atoms with E-state index in [-0.39, 0.29) is 0 Å². The molecule has 0 aromatic rings. The molecule has 0 N–H and O–H groups in total. The minimum atomic E-state index is 0.756. The molecular formula is C14H26. The summed E-state index contributed by atoms with van der Waals surface area (Å²) in [6, 6.07) is 0. The quantitative estimate of drug-likeness (QED) is 0.557. The van der Waals surface area contributed by atoms with E-state index >= 15 is 0 Å². The van der Waals surface area contributed by atoms with Crippen LogP contribution in [-0.4, -0.2) is 0 Å². The maximum absolute atomic E-state index is 2.52. The van der Waals surface area contributed by atoms with E-state index in [1.807, 2.05) is 0 Å². The standard InChI is InChI=1S/C14H26/c1-3-4-5-6-14-10-7-13(2,8-11-14)9-12-14/h3-12H2,1-2H3. The molecule has 0 saturated heterocycles. The minimum Gasteiger partial charge on any atom is -0.0654 e. The lowest BCUT2D eigenvalue weighted by molar-refractivity contribution is -0.00406. The van der Waals surface area contributed by atoms with Crippen LogP contribution in [0.2, 0.25) is 0 Å². The molecule has 0 unspecified atom stereocenters. The average molecular weight is 194 g/mol. The van der Waals surface area contributed by atoms with Crippen LogP contribution < -0.4 is 0 Å². The van der Waals surface area contributed by atoms with E-state index in [4.69, 9.17) is 0 Å². The van der Waals surface area contributed by atoms with E-state index in [0.717, 1.165) is 10.8 Å². The van der Waals surface area contributed by atoms with Crippen LogP contribution in [0, 0.1) is 10.8 Å². The van der Waals surface area contributed by atoms with Crippen LogP contribution >= 0.6 is 0 Å². The highest BCUT2D eigenvalue weighted by Gasteiger charge is 2.45. The molecule has 0 radical (unpaired) electrons. The topological polar surface area (TPSA) is 0 Å². The van der Waals surface area contributed by atoms with Gasteiger partial charge in [-0.25, -0.2) is 0 Å². The van der Waals surface area contributed by atoms with Gasteiger partial charge in [0.05, 0.1) is 0 Å². The fourth-order valence-corrected chi connectivity index (χ4v) is 3.58. The Balaban J connectivity index is 1.85. The zero-order chi connectivity index (χ0) is 10.1. The van der Waals surface area contributed by atoms with Gasteiger partial charge in [0.25, 0.3) is 0 Å². The zero-order valence-corrected chi connectivity index (χ0v) is 10.1. The van der Waals surface area contributed by atoms with Crippen molar-refractivity contribution in [1.82, 2.24) is 0 Å². The summed E-state index contributed by atoms with van der Waals surface area (Å²) < 4.78 is 0. The number of hydrogen-bond donors (Lipinski definition) is 0. The molecule has 0 amide bonds. The molecule has 3 aliphatic rings. The third kappa shape index (κ3) is 1.99. The fourth-order valence-electron chi connectivity index (χ4n) is 3.58. The van der Waals surface area contributed by atoms with Crippen molar-refractivity contribution >= 4 is 0 Å². The number of unbranched alkanes of at least 4 members (excludes halogenated alkanes) is 2. The zero-order valence-electron chi connectivity index (χ0n) is 10.1. The molecule has 0 aromatic carbocycles. The van der Waals surface area contributed by atoms with Gasteiger partial charge in [-0.1, -0.05) is 33.1 Å². The van der Waals surface area contributed by atoms with Crippen LogP contribution in [0.25, 0.3) is 0 Å². The molecule has 0 aliphatic heterocycles. The second-order valence-electron chi connectivity index (χ2n) is 6.27. The summed E-state index contributed by atoms with van der Waals surface area (Å²) in [4.78, 5) is 0. The van der Waals surface area contributed by atoms with Gasteiger partial charge in [-0.15, -0.1) is 0 Å². The molecule has 0 aromatic heterocycles. The molecule has 3 rings (SSSR count). The summed E-state index contributed by atoms with van der Waals surface area (Å²) in [5, 5.41) is 0. The number of hydrogen-bond acceptors (Lipinski definition) is 0. The van der Waals surface area contributed by atoms with Crippen LogP contribution in [0.5, 0.6) is 0 Å². The van der Waals surface area contributed by atoms with Crippen molar-refractivity contribution in [2.75, 3.05) is 0 Å². The predicted octanol–water partition coefficient (Wildman–Crippen LogP) is 4.93. The van der Waals surface area contributed by atoms with E-state index in [2.05, 4.69) is 13.8 Å². The predicted molar refractivity (Wildman–Crippen MR) is 62.4 cm³/mol. The Morgan fingerprint density at radius 3 is 1.93 bits per heavy atom. The smallest absolute Gasteiger partial charge is 0.0297 e. The van der Waals surface area contributed by atoms with Crippen LogP contribution in [-0.2, 0) is 0 Å². The fraction of sp³-hybridized carbons (Fsp3) is 1.00. The van der Waals surface area contributed by atoms with Gasteiger partial charge in [-0.2, -0.15) is 0 Å². The van der Waals surface area contributed by atoms with Gasteiger partial charge >= 0.3 is 0 Å². The Morgan fingerprint density at radius 2 is 1.43 bits per heavy atom. The molecule has 0 nitrogen and oxygen atoms in total. The molecule has 0 heteroatoms. The molecule has 0 atom stereocenters. The summed E-state index contributed by atoms with van der Waals surface area (Å²) in [7, 11) is 0. The molecule has 14 heavy (non-hydrogen) atoms. The Bertz CT molecular complexity index is 168. The van der Waals surface area contributed by atoms with E-state index in [1.54, 1.807) is 19.3 Å². The van der Waals surface area contributed by atoms with Crippen molar-refractivity contribution in [3.63, 3.8) is 0 Å². The second-order valence-corrected chi connectivity index (χ2v) is 6.27. The molecule has 82 valence electrons. The van der Waals surface area contributed by atoms with Crippen LogP contribution in [0.4, 0.5) is 0 Å². The molecule has 0 spiro atoms. The van der Waals surface area contributed by atoms with Crippen LogP contribution in [0.3, 0.4) is 0 Å². The highest BCUT2D eigenvalue weighted by atomic mass is 14.5. The second kappa shape index (κ2) is 3.87. The first-order valence-electron chi connectivity index (χ1n) is 6.68. The number of fused-ring (bicyclic) bond motifs is 3. The van der Waals surface area contributed by atoms with Gasteiger partial charge in [-0.3, -0.25) is 0 Å². The molecule has 3 fully saturated rings. The Labute approximate surface area is 89.5 Å². The van der Waals surface area contributed by atoms with Crippen LogP contribution in [0.15, 0.2) is 0 Å². The largest absolute Gasteiger partial charge is 0.0654 e. The Hall–Kier alpha value is 0. The first-order chi connectivity index (χ1) is 6.68. The van der Waals surface area contributed by atoms with Crippen molar-refractivity contribution in [1.29, 1.82) is 0 Å². The third-order valence-corrected chi connectivity index (χ3v) is 5.09. The van der Waals surface area contributed by atoms with Gasteiger partial charge < -0.3 is 0 Å². The Kier molecular flexibility index (Phi) is 2.91. The number of rotatable bonds is 4. The maximum Gasteiger partial charge on any atom is -0.0297 e. The van der Waals surface area contributed by atoms with Gasteiger partial charge in [0, 0.05) is 0 Å². The monoisotopic (exact) mass is 194 g/mol. The van der Waals surface area contributed by atoms with E-state index in [0.29, 0.717) is 0 Å². The third-order valence-electron chi connectivity index (χ3n) is 5.09. The van der Waals surface area contributed by atoms with Crippen molar-refractivity contribution in [2.45, 2.75) is 78.1 Å². The Morgan fingerprint density at radius 1 is 0.857 bits per heavy atom. The van der Waals surface area contributed by atoms with Crippen molar-refractivity contribution < 1.29 is 0 Å².